The zero-order valence-corrected chi connectivity index (χ0v) is 15.9. The van der Waals surface area contributed by atoms with E-state index < -0.39 is 0 Å². The summed E-state index contributed by atoms with van der Waals surface area (Å²) in [5.41, 5.74) is 1.78. The monoisotopic (exact) mass is 377 g/mol. The molecule has 1 N–H and O–H groups in total. The van der Waals surface area contributed by atoms with Gasteiger partial charge < -0.3 is 19.7 Å². The zero-order chi connectivity index (χ0) is 18.9. The molecule has 5 rings (SSSR count). The van der Waals surface area contributed by atoms with Crippen molar-refractivity contribution in [2.75, 3.05) is 38.7 Å². The summed E-state index contributed by atoms with van der Waals surface area (Å²) in [5.74, 6) is 2.32. The summed E-state index contributed by atoms with van der Waals surface area (Å²) in [7, 11) is 2.16. The van der Waals surface area contributed by atoms with Gasteiger partial charge in [0, 0.05) is 41.3 Å². The van der Waals surface area contributed by atoms with Gasteiger partial charge in [0.15, 0.2) is 17.3 Å². The highest BCUT2D eigenvalue weighted by Gasteiger charge is 2.20. The predicted molar refractivity (Wildman–Crippen MR) is 108 cm³/mol. The highest BCUT2D eigenvalue weighted by atomic mass is 16.6. The van der Waals surface area contributed by atoms with E-state index in [0.717, 1.165) is 58.9 Å². The molecule has 2 aromatic heterocycles. The predicted octanol–water partition coefficient (Wildman–Crippen LogP) is 2.97. The van der Waals surface area contributed by atoms with Crippen molar-refractivity contribution in [1.82, 2.24) is 20.1 Å². The molecule has 1 aromatic carbocycles. The van der Waals surface area contributed by atoms with Crippen LogP contribution in [-0.2, 0) is 0 Å². The maximum absolute atomic E-state index is 5.73. The van der Waals surface area contributed by atoms with E-state index >= 15 is 0 Å². The molecule has 0 saturated carbocycles. The third kappa shape index (κ3) is 3.22. The van der Waals surface area contributed by atoms with Crippen molar-refractivity contribution < 1.29 is 9.47 Å². The summed E-state index contributed by atoms with van der Waals surface area (Å²) in [4.78, 5) is 6.67. The van der Waals surface area contributed by atoms with Crippen molar-refractivity contribution in [2.24, 2.45) is 0 Å². The van der Waals surface area contributed by atoms with Crippen molar-refractivity contribution in [3.05, 3.63) is 36.7 Å². The van der Waals surface area contributed by atoms with Crippen LogP contribution in [0.15, 0.2) is 36.7 Å². The lowest BCUT2D eigenvalue weighted by Gasteiger charge is -2.30. The van der Waals surface area contributed by atoms with Crippen LogP contribution in [0.1, 0.15) is 12.8 Å². The van der Waals surface area contributed by atoms with Crippen LogP contribution in [-0.4, -0.2) is 59.5 Å². The molecule has 0 aliphatic carbocycles. The van der Waals surface area contributed by atoms with Crippen molar-refractivity contribution in [3.8, 4) is 22.8 Å². The summed E-state index contributed by atoms with van der Waals surface area (Å²) in [6, 6.07) is 8.27. The van der Waals surface area contributed by atoms with Gasteiger partial charge in [0.25, 0.3) is 0 Å². The molecule has 7 heteroatoms. The molecule has 0 amide bonds. The minimum Gasteiger partial charge on any atom is -0.486 e. The number of nitrogens with one attached hydrogen (secondary N) is 1. The second kappa shape index (κ2) is 7.24. The van der Waals surface area contributed by atoms with Gasteiger partial charge in [0.2, 0.25) is 0 Å². The fraction of sp³-hybridized carbons (Fsp3) is 0.381. The first-order valence-corrected chi connectivity index (χ1v) is 9.73. The Morgan fingerprint density at radius 1 is 1.07 bits per heavy atom. The van der Waals surface area contributed by atoms with Gasteiger partial charge in [0.05, 0.1) is 0 Å². The van der Waals surface area contributed by atoms with E-state index in [1.165, 1.54) is 6.42 Å². The third-order valence-corrected chi connectivity index (χ3v) is 5.36. The Kier molecular flexibility index (Phi) is 4.44. The van der Waals surface area contributed by atoms with Crippen molar-refractivity contribution in [2.45, 2.75) is 18.9 Å². The van der Waals surface area contributed by atoms with Gasteiger partial charge >= 0.3 is 0 Å². The molecule has 1 unspecified atom stereocenters. The standard InChI is InChI=1S/C21H23N5O2/c1-26-8-2-3-15(13-26)23-21-17-12-22-7-6-16(17)20(24-25-21)14-4-5-18-19(11-14)28-10-9-27-18/h4-7,11-12,15H,2-3,8-10,13H2,1H3,(H,23,25). The van der Waals surface area contributed by atoms with Gasteiger partial charge in [-0.05, 0) is 50.7 Å². The molecule has 3 aromatic rings. The van der Waals surface area contributed by atoms with Crippen LogP contribution in [0.4, 0.5) is 5.82 Å². The van der Waals surface area contributed by atoms with Gasteiger partial charge in [-0.15, -0.1) is 10.2 Å². The molecule has 7 nitrogen and oxygen atoms in total. The molecule has 0 spiro atoms. The SMILES string of the molecule is CN1CCCC(Nc2nnc(-c3ccc4c(c3)OCCO4)c3ccncc23)C1. The lowest BCUT2D eigenvalue weighted by Crippen LogP contribution is -2.40. The molecule has 144 valence electrons. The number of hydrogen-bond donors (Lipinski definition) is 1. The van der Waals surface area contributed by atoms with Crippen molar-refractivity contribution in [3.63, 3.8) is 0 Å². The molecular weight excluding hydrogens is 354 g/mol. The van der Waals surface area contributed by atoms with Gasteiger partial charge in [-0.1, -0.05) is 0 Å². The normalized spacial score (nSPS) is 19.5. The van der Waals surface area contributed by atoms with E-state index in [4.69, 9.17) is 9.47 Å². The number of likely N-dealkylation sites (tertiary alicyclic amines) is 1. The molecule has 2 aliphatic heterocycles. The van der Waals surface area contributed by atoms with E-state index in [1.807, 2.05) is 30.5 Å². The number of ether oxygens (including phenoxy) is 2. The average molecular weight is 377 g/mol. The molecular formula is C21H23N5O2. The fourth-order valence-corrected chi connectivity index (χ4v) is 3.99. The third-order valence-electron chi connectivity index (χ3n) is 5.36. The number of nitrogens with zero attached hydrogens (tertiary/aromatic N) is 4. The van der Waals surface area contributed by atoms with Crippen LogP contribution in [0.3, 0.4) is 0 Å². The number of anilines is 1. The molecule has 0 radical (unpaired) electrons. The van der Waals surface area contributed by atoms with Crippen LogP contribution in [0.25, 0.3) is 22.0 Å². The van der Waals surface area contributed by atoms with Crippen LogP contribution in [0.5, 0.6) is 11.5 Å². The summed E-state index contributed by atoms with van der Waals surface area (Å²) in [6.07, 6.45) is 5.98. The largest absolute Gasteiger partial charge is 0.486 e. The Bertz CT molecular complexity index is 1010. The first kappa shape index (κ1) is 17.2. The zero-order valence-electron chi connectivity index (χ0n) is 15.9. The highest BCUT2D eigenvalue weighted by molar-refractivity contribution is 5.99. The number of benzene rings is 1. The van der Waals surface area contributed by atoms with E-state index in [1.54, 1.807) is 6.20 Å². The van der Waals surface area contributed by atoms with E-state index in [0.29, 0.717) is 19.3 Å². The minimum atomic E-state index is 0.372. The van der Waals surface area contributed by atoms with E-state index in [9.17, 15) is 0 Å². The summed E-state index contributed by atoms with van der Waals surface area (Å²) < 4.78 is 11.4. The maximum atomic E-state index is 5.73. The topological polar surface area (TPSA) is 72.4 Å². The second-order valence-electron chi connectivity index (χ2n) is 7.42. The Morgan fingerprint density at radius 2 is 1.96 bits per heavy atom. The molecule has 2 aliphatic rings. The van der Waals surface area contributed by atoms with Gasteiger partial charge in [-0.25, -0.2) is 0 Å². The van der Waals surface area contributed by atoms with Crippen LogP contribution < -0.4 is 14.8 Å². The van der Waals surface area contributed by atoms with Crippen molar-refractivity contribution in [1.29, 1.82) is 0 Å². The Hall–Kier alpha value is -2.93. The quantitative estimate of drug-likeness (QED) is 0.752. The first-order chi connectivity index (χ1) is 13.8. The van der Waals surface area contributed by atoms with Crippen molar-refractivity contribution >= 4 is 16.6 Å². The number of hydrogen-bond acceptors (Lipinski definition) is 7. The van der Waals surface area contributed by atoms with Gasteiger partial charge in [-0.3, -0.25) is 4.98 Å². The van der Waals surface area contributed by atoms with Gasteiger partial charge in [0.1, 0.15) is 18.9 Å². The summed E-state index contributed by atoms with van der Waals surface area (Å²) in [6.45, 7) is 3.30. The van der Waals surface area contributed by atoms with E-state index in [-0.39, 0.29) is 0 Å². The number of likely N-dealkylation sites (N-methyl/N-ethyl adjacent to an activating group) is 1. The Morgan fingerprint density at radius 3 is 2.86 bits per heavy atom. The minimum absolute atomic E-state index is 0.372. The molecule has 1 atom stereocenters. The number of piperidine rings is 1. The Balaban J connectivity index is 1.53. The van der Waals surface area contributed by atoms with Crippen LogP contribution in [0.2, 0.25) is 0 Å². The lowest BCUT2D eigenvalue weighted by atomic mass is 10.0. The Labute approximate surface area is 163 Å². The number of pyridine rings is 1. The number of rotatable bonds is 3. The molecule has 1 saturated heterocycles. The van der Waals surface area contributed by atoms with E-state index in [2.05, 4.69) is 32.4 Å². The summed E-state index contributed by atoms with van der Waals surface area (Å²) >= 11 is 0. The maximum Gasteiger partial charge on any atom is 0.162 e. The van der Waals surface area contributed by atoms with Crippen LogP contribution >= 0.6 is 0 Å². The highest BCUT2D eigenvalue weighted by Crippen LogP contribution is 2.36. The number of aromatic nitrogens is 3. The smallest absolute Gasteiger partial charge is 0.162 e. The second-order valence-corrected chi connectivity index (χ2v) is 7.42. The molecule has 4 heterocycles. The van der Waals surface area contributed by atoms with Crippen LogP contribution in [0, 0.1) is 0 Å². The molecule has 0 bridgehead atoms. The summed E-state index contributed by atoms with van der Waals surface area (Å²) in [5, 5.41) is 14.7. The molecule has 1 fully saturated rings. The van der Waals surface area contributed by atoms with Gasteiger partial charge in [-0.2, -0.15) is 0 Å². The fourth-order valence-electron chi connectivity index (χ4n) is 3.99. The number of fused-ring (bicyclic) bond motifs is 2. The lowest BCUT2D eigenvalue weighted by molar-refractivity contribution is 0.171. The first-order valence-electron chi connectivity index (χ1n) is 9.73. The molecule has 28 heavy (non-hydrogen) atoms. The average Bonchev–Trinajstić information content (AvgIpc) is 2.74.